The number of para-hydroxylation sites is 1. The zero-order chi connectivity index (χ0) is 14.2. The van der Waals surface area contributed by atoms with Crippen LogP contribution >= 0.6 is 0 Å². The average Bonchev–Trinajstić information content (AvgIpc) is 2.34. The number of halogens is 1. The smallest absolute Gasteiger partial charge is 0.341 e. The lowest BCUT2D eigenvalue weighted by Crippen LogP contribution is -2.27. The number of benzene rings is 1. The lowest BCUT2D eigenvalue weighted by atomic mass is 10.1. The first-order valence-electron chi connectivity index (χ1n) is 5.64. The van der Waals surface area contributed by atoms with E-state index in [-0.39, 0.29) is 11.3 Å². The lowest BCUT2D eigenvalue weighted by molar-refractivity contribution is 0.0693. The van der Waals surface area contributed by atoms with Crippen molar-refractivity contribution in [1.29, 1.82) is 0 Å². The predicted molar refractivity (Wildman–Crippen MR) is 68.4 cm³/mol. The normalized spacial score (nSPS) is 10.5. The van der Waals surface area contributed by atoms with Gasteiger partial charge in [-0.3, -0.25) is 9.36 Å². The maximum Gasteiger partial charge on any atom is 0.341 e. The van der Waals surface area contributed by atoms with Gasteiger partial charge in [-0.25, -0.2) is 9.18 Å². The van der Waals surface area contributed by atoms with Gasteiger partial charge in [-0.05, 0) is 37.1 Å². The Bertz CT molecular complexity index is 719. The van der Waals surface area contributed by atoms with Crippen LogP contribution in [0.15, 0.2) is 35.3 Å². The van der Waals surface area contributed by atoms with E-state index in [0.717, 1.165) is 4.57 Å². The molecule has 0 aliphatic rings. The predicted octanol–water partition coefficient (Wildman–Crippen LogP) is 2.29. The summed E-state index contributed by atoms with van der Waals surface area (Å²) in [5, 5.41) is 9.10. The Morgan fingerprint density at radius 2 is 1.89 bits per heavy atom. The molecule has 0 atom stereocenters. The zero-order valence-electron chi connectivity index (χ0n) is 10.5. The number of nitrogens with zero attached hydrogens (tertiary/aromatic N) is 1. The minimum atomic E-state index is -1.31. The van der Waals surface area contributed by atoms with Crippen LogP contribution in [0.4, 0.5) is 4.39 Å². The first-order chi connectivity index (χ1) is 8.93. The molecule has 4 nitrogen and oxygen atoms in total. The monoisotopic (exact) mass is 261 g/mol. The van der Waals surface area contributed by atoms with Crippen molar-refractivity contribution in [2.24, 2.45) is 0 Å². The Morgan fingerprint density at radius 3 is 2.47 bits per heavy atom. The molecule has 0 spiro atoms. The van der Waals surface area contributed by atoms with Gasteiger partial charge < -0.3 is 5.11 Å². The molecule has 1 aromatic carbocycles. The fourth-order valence-electron chi connectivity index (χ4n) is 1.91. The van der Waals surface area contributed by atoms with Gasteiger partial charge >= 0.3 is 5.97 Å². The second-order valence-electron chi connectivity index (χ2n) is 4.24. The number of hydrogen-bond acceptors (Lipinski definition) is 2. The third kappa shape index (κ3) is 2.14. The van der Waals surface area contributed by atoms with Crippen molar-refractivity contribution in [2.75, 3.05) is 0 Å². The Labute approximate surface area is 108 Å². The Balaban J connectivity index is 2.84. The summed E-state index contributed by atoms with van der Waals surface area (Å²) in [6, 6.07) is 5.73. The van der Waals surface area contributed by atoms with Crippen LogP contribution < -0.4 is 5.56 Å². The molecule has 0 saturated carbocycles. The number of carbonyl (C=O) groups is 1. The Morgan fingerprint density at radius 1 is 1.26 bits per heavy atom. The molecule has 5 heteroatoms. The highest BCUT2D eigenvalue weighted by Crippen LogP contribution is 2.15. The summed E-state index contributed by atoms with van der Waals surface area (Å²) >= 11 is 0. The molecule has 1 N–H and O–H groups in total. The maximum absolute atomic E-state index is 13.7. The maximum atomic E-state index is 13.7. The highest BCUT2D eigenvalue weighted by Gasteiger charge is 2.18. The number of pyridine rings is 1. The number of hydrogen-bond donors (Lipinski definition) is 1. The third-order valence-electron chi connectivity index (χ3n) is 3.05. The first kappa shape index (κ1) is 13.0. The highest BCUT2D eigenvalue weighted by molar-refractivity contribution is 5.89. The first-order valence-corrected chi connectivity index (χ1v) is 5.64. The lowest BCUT2D eigenvalue weighted by Gasteiger charge is -2.12. The van der Waals surface area contributed by atoms with Crippen molar-refractivity contribution < 1.29 is 14.3 Å². The summed E-state index contributed by atoms with van der Waals surface area (Å²) < 4.78 is 14.7. The summed E-state index contributed by atoms with van der Waals surface area (Å²) in [5.74, 6) is -1.89. The van der Waals surface area contributed by atoms with Crippen LogP contribution in [-0.2, 0) is 0 Å². The summed E-state index contributed by atoms with van der Waals surface area (Å²) in [5.41, 5.74) is -0.0209. The molecule has 0 amide bonds. The van der Waals surface area contributed by atoms with E-state index in [1.165, 1.54) is 24.4 Å². The Hall–Kier alpha value is -2.43. The summed E-state index contributed by atoms with van der Waals surface area (Å²) in [6.45, 7) is 3.24. The van der Waals surface area contributed by atoms with Gasteiger partial charge in [0.2, 0.25) is 0 Å². The highest BCUT2D eigenvalue weighted by atomic mass is 19.1. The van der Waals surface area contributed by atoms with Crippen LogP contribution in [-0.4, -0.2) is 15.6 Å². The Kier molecular flexibility index (Phi) is 3.21. The second kappa shape index (κ2) is 4.68. The van der Waals surface area contributed by atoms with Crippen LogP contribution in [0, 0.1) is 19.7 Å². The minimum Gasteiger partial charge on any atom is -0.477 e. The summed E-state index contributed by atoms with van der Waals surface area (Å²) in [7, 11) is 0. The van der Waals surface area contributed by atoms with Crippen molar-refractivity contribution in [2.45, 2.75) is 13.8 Å². The van der Waals surface area contributed by atoms with Gasteiger partial charge in [-0.1, -0.05) is 12.1 Å². The van der Waals surface area contributed by atoms with Crippen molar-refractivity contribution >= 4 is 5.97 Å². The molecular weight excluding hydrogens is 249 g/mol. The molecule has 0 bridgehead atoms. The largest absolute Gasteiger partial charge is 0.477 e. The van der Waals surface area contributed by atoms with E-state index in [0.29, 0.717) is 11.1 Å². The van der Waals surface area contributed by atoms with E-state index in [1.54, 1.807) is 19.9 Å². The molecule has 0 saturated heterocycles. The summed E-state index contributed by atoms with van der Waals surface area (Å²) in [6.07, 6.45) is 1.45. The van der Waals surface area contributed by atoms with Gasteiger partial charge in [0, 0.05) is 6.20 Å². The van der Waals surface area contributed by atoms with Gasteiger partial charge in [-0.2, -0.15) is 0 Å². The van der Waals surface area contributed by atoms with Gasteiger partial charge in [0.15, 0.2) is 0 Å². The molecule has 0 aliphatic carbocycles. The number of aromatic carboxylic acids is 1. The topological polar surface area (TPSA) is 59.3 Å². The quantitative estimate of drug-likeness (QED) is 0.902. The van der Waals surface area contributed by atoms with Crippen molar-refractivity contribution in [3.8, 4) is 5.69 Å². The molecule has 0 radical (unpaired) electrons. The van der Waals surface area contributed by atoms with Crippen LogP contribution in [0.25, 0.3) is 5.69 Å². The molecule has 2 rings (SSSR count). The zero-order valence-corrected chi connectivity index (χ0v) is 10.5. The molecule has 0 unspecified atom stereocenters. The molecule has 98 valence electrons. The van der Waals surface area contributed by atoms with Crippen molar-refractivity contribution in [3.05, 3.63) is 63.3 Å². The van der Waals surface area contributed by atoms with Gasteiger partial charge in [0.25, 0.3) is 5.56 Å². The number of rotatable bonds is 2. The van der Waals surface area contributed by atoms with E-state index in [4.69, 9.17) is 5.11 Å². The molecule has 1 heterocycles. The van der Waals surface area contributed by atoms with Gasteiger partial charge in [0.05, 0.1) is 5.69 Å². The number of carboxylic acids is 1. The van der Waals surface area contributed by atoms with E-state index < -0.39 is 17.3 Å². The molecule has 0 fully saturated rings. The second-order valence-corrected chi connectivity index (χ2v) is 4.24. The van der Waals surface area contributed by atoms with Crippen LogP contribution in [0.1, 0.15) is 21.5 Å². The van der Waals surface area contributed by atoms with E-state index >= 15 is 0 Å². The molecule has 2 aromatic rings. The molecular formula is C14H12FNO3. The minimum absolute atomic E-state index is 0.0399. The third-order valence-corrected chi connectivity index (χ3v) is 3.05. The summed E-state index contributed by atoms with van der Waals surface area (Å²) in [4.78, 5) is 23.3. The van der Waals surface area contributed by atoms with E-state index in [9.17, 15) is 14.0 Å². The fourth-order valence-corrected chi connectivity index (χ4v) is 1.91. The number of carboxylic acid groups (broad SMARTS) is 1. The van der Waals surface area contributed by atoms with Gasteiger partial charge in [0.1, 0.15) is 11.4 Å². The SMILES string of the molecule is Cc1cn(-c2ccccc2F)c(=O)c(C(=O)O)c1C. The van der Waals surface area contributed by atoms with Crippen LogP contribution in [0.2, 0.25) is 0 Å². The standard InChI is InChI=1S/C14H12FNO3/c1-8-7-16(11-6-4-3-5-10(11)15)13(17)12(9(8)2)14(18)19/h3-7H,1-2H3,(H,18,19). The van der Waals surface area contributed by atoms with Crippen LogP contribution in [0.5, 0.6) is 0 Å². The molecule has 1 aromatic heterocycles. The number of aromatic nitrogens is 1. The van der Waals surface area contributed by atoms with Crippen LogP contribution in [0.3, 0.4) is 0 Å². The van der Waals surface area contributed by atoms with Crippen molar-refractivity contribution in [3.63, 3.8) is 0 Å². The van der Waals surface area contributed by atoms with E-state index in [2.05, 4.69) is 0 Å². The fraction of sp³-hybridized carbons (Fsp3) is 0.143. The van der Waals surface area contributed by atoms with Crippen molar-refractivity contribution in [1.82, 2.24) is 4.57 Å². The number of aryl methyl sites for hydroxylation is 1. The molecule has 0 aliphatic heterocycles. The average molecular weight is 261 g/mol. The van der Waals surface area contributed by atoms with E-state index in [1.807, 2.05) is 0 Å². The molecule has 19 heavy (non-hydrogen) atoms. The van der Waals surface area contributed by atoms with Gasteiger partial charge in [-0.15, -0.1) is 0 Å².